The van der Waals surface area contributed by atoms with E-state index in [0.717, 1.165) is 30.5 Å². The Balaban J connectivity index is 2.29. The number of ether oxygens (including phenoxy) is 1. The van der Waals surface area contributed by atoms with Gasteiger partial charge in [-0.15, -0.1) is 0 Å². The van der Waals surface area contributed by atoms with E-state index in [9.17, 15) is 4.79 Å². The highest BCUT2D eigenvalue weighted by Crippen LogP contribution is 2.10. The van der Waals surface area contributed by atoms with Crippen LogP contribution < -0.4 is 10.2 Å². The molecule has 0 fully saturated rings. The SMILES string of the molecule is CCCCC(C)=NNC(=O)COc1ccc(C)cc1. The monoisotopic (exact) mass is 262 g/mol. The second kappa shape index (κ2) is 8.29. The van der Waals surface area contributed by atoms with E-state index in [2.05, 4.69) is 17.5 Å². The third-order valence-corrected chi connectivity index (χ3v) is 2.65. The number of hydrazone groups is 1. The van der Waals surface area contributed by atoms with Gasteiger partial charge in [-0.3, -0.25) is 4.79 Å². The Bertz CT molecular complexity index is 424. The normalized spacial score (nSPS) is 11.2. The number of hydrogen-bond donors (Lipinski definition) is 1. The largest absolute Gasteiger partial charge is 0.484 e. The van der Waals surface area contributed by atoms with Gasteiger partial charge in [0.25, 0.3) is 5.91 Å². The summed E-state index contributed by atoms with van der Waals surface area (Å²) in [6, 6.07) is 7.58. The topological polar surface area (TPSA) is 50.7 Å². The maximum atomic E-state index is 11.5. The summed E-state index contributed by atoms with van der Waals surface area (Å²) in [4.78, 5) is 11.5. The van der Waals surface area contributed by atoms with Crippen LogP contribution in [0.4, 0.5) is 0 Å². The molecule has 0 spiro atoms. The molecule has 1 N–H and O–H groups in total. The summed E-state index contributed by atoms with van der Waals surface area (Å²) >= 11 is 0. The standard InChI is InChI=1S/C15H22N2O2/c1-4-5-6-13(3)16-17-15(18)11-19-14-9-7-12(2)8-10-14/h7-10H,4-6,11H2,1-3H3,(H,17,18). The highest BCUT2D eigenvalue weighted by atomic mass is 16.5. The van der Waals surface area contributed by atoms with Crippen LogP contribution in [0, 0.1) is 6.92 Å². The number of benzene rings is 1. The molecule has 0 aliphatic carbocycles. The van der Waals surface area contributed by atoms with Crippen LogP contribution in [0.2, 0.25) is 0 Å². The summed E-state index contributed by atoms with van der Waals surface area (Å²) in [6.07, 6.45) is 3.12. The number of carbonyl (C=O) groups is 1. The number of amides is 1. The lowest BCUT2D eigenvalue weighted by atomic mass is 10.2. The average molecular weight is 262 g/mol. The second-order valence-electron chi connectivity index (χ2n) is 4.59. The predicted molar refractivity (Wildman–Crippen MR) is 77.5 cm³/mol. The van der Waals surface area contributed by atoms with Gasteiger partial charge in [0.2, 0.25) is 0 Å². The maximum Gasteiger partial charge on any atom is 0.277 e. The summed E-state index contributed by atoms with van der Waals surface area (Å²) in [5, 5.41) is 4.03. The fourth-order valence-electron chi connectivity index (χ4n) is 1.46. The van der Waals surface area contributed by atoms with Gasteiger partial charge in [-0.25, -0.2) is 5.43 Å². The Morgan fingerprint density at radius 1 is 1.32 bits per heavy atom. The molecule has 0 radical (unpaired) electrons. The number of nitrogens with one attached hydrogen (secondary N) is 1. The van der Waals surface area contributed by atoms with E-state index in [1.165, 1.54) is 0 Å². The fraction of sp³-hybridized carbons (Fsp3) is 0.467. The molecule has 4 nitrogen and oxygen atoms in total. The van der Waals surface area contributed by atoms with Crippen LogP contribution in [0.15, 0.2) is 29.4 Å². The van der Waals surface area contributed by atoms with Gasteiger partial charge in [-0.1, -0.05) is 31.0 Å². The van der Waals surface area contributed by atoms with E-state index in [1.807, 2.05) is 38.1 Å². The van der Waals surface area contributed by atoms with Crippen molar-refractivity contribution in [3.8, 4) is 5.75 Å². The summed E-state index contributed by atoms with van der Waals surface area (Å²) < 4.78 is 5.35. The minimum Gasteiger partial charge on any atom is -0.484 e. The first-order valence-corrected chi connectivity index (χ1v) is 6.63. The molecule has 0 saturated heterocycles. The highest BCUT2D eigenvalue weighted by Gasteiger charge is 2.01. The zero-order valence-corrected chi connectivity index (χ0v) is 11.9. The number of rotatable bonds is 7. The van der Waals surface area contributed by atoms with Gasteiger partial charge in [0.1, 0.15) is 5.75 Å². The molecule has 0 aliphatic rings. The van der Waals surface area contributed by atoms with E-state index in [1.54, 1.807) is 0 Å². The lowest BCUT2D eigenvalue weighted by molar-refractivity contribution is -0.123. The van der Waals surface area contributed by atoms with Gasteiger partial charge in [-0.2, -0.15) is 5.10 Å². The number of carbonyl (C=O) groups excluding carboxylic acids is 1. The molecule has 1 amide bonds. The van der Waals surface area contributed by atoms with Gasteiger partial charge in [-0.05, 0) is 38.8 Å². The Kier molecular flexibility index (Phi) is 6.64. The fourth-order valence-corrected chi connectivity index (χ4v) is 1.46. The van der Waals surface area contributed by atoms with E-state index in [4.69, 9.17) is 4.74 Å². The first-order valence-electron chi connectivity index (χ1n) is 6.63. The average Bonchev–Trinajstić information content (AvgIpc) is 2.42. The molecular formula is C15H22N2O2. The van der Waals surface area contributed by atoms with Gasteiger partial charge in [0.15, 0.2) is 6.61 Å². The molecule has 0 unspecified atom stereocenters. The Hall–Kier alpha value is -1.84. The summed E-state index contributed by atoms with van der Waals surface area (Å²) in [5.74, 6) is 0.448. The van der Waals surface area contributed by atoms with Crippen LogP contribution in [0.5, 0.6) is 5.75 Å². The van der Waals surface area contributed by atoms with E-state index in [0.29, 0.717) is 5.75 Å². The van der Waals surface area contributed by atoms with Crippen LogP contribution in [0.25, 0.3) is 0 Å². The van der Waals surface area contributed by atoms with Gasteiger partial charge < -0.3 is 4.74 Å². The Morgan fingerprint density at radius 3 is 2.63 bits per heavy atom. The molecule has 104 valence electrons. The summed E-state index contributed by atoms with van der Waals surface area (Å²) in [5.41, 5.74) is 4.59. The third-order valence-electron chi connectivity index (χ3n) is 2.65. The quantitative estimate of drug-likeness (QED) is 0.606. The summed E-state index contributed by atoms with van der Waals surface area (Å²) in [7, 11) is 0. The first kappa shape index (κ1) is 15.2. The van der Waals surface area contributed by atoms with Crippen LogP contribution in [-0.2, 0) is 4.79 Å². The van der Waals surface area contributed by atoms with Crippen LogP contribution >= 0.6 is 0 Å². The van der Waals surface area contributed by atoms with Crippen LogP contribution in [0.3, 0.4) is 0 Å². The smallest absolute Gasteiger partial charge is 0.277 e. The highest BCUT2D eigenvalue weighted by molar-refractivity contribution is 5.84. The van der Waals surface area contributed by atoms with Crippen molar-refractivity contribution in [3.05, 3.63) is 29.8 Å². The Morgan fingerprint density at radius 2 is 2.00 bits per heavy atom. The number of hydrogen-bond acceptors (Lipinski definition) is 3. The third kappa shape index (κ3) is 6.60. The van der Waals surface area contributed by atoms with Gasteiger partial charge in [0.05, 0.1) is 0 Å². The van der Waals surface area contributed by atoms with Crippen molar-refractivity contribution in [2.45, 2.75) is 40.0 Å². The molecule has 1 aromatic rings. The van der Waals surface area contributed by atoms with E-state index < -0.39 is 0 Å². The first-order chi connectivity index (χ1) is 9.11. The van der Waals surface area contributed by atoms with Crippen molar-refractivity contribution in [3.63, 3.8) is 0 Å². The predicted octanol–water partition coefficient (Wildman–Crippen LogP) is 3.06. The number of unbranched alkanes of at least 4 members (excludes halogenated alkanes) is 1. The van der Waals surface area contributed by atoms with E-state index >= 15 is 0 Å². The van der Waals surface area contributed by atoms with Crippen LogP contribution in [-0.4, -0.2) is 18.2 Å². The van der Waals surface area contributed by atoms with Crippen molar-refractivity contribution in [1.82, 2.24) is 5.43 Å². The molecule has 0 saturated carbocycles. The zero-order valence-electron chi connectivity index (χ0n) is 11.9. The molecule has 0 aliphatic heterocycles. The van der Waals surface area contributed by atoms with Crippen molar-refractivity contribution < 1.29 is 9.53 Å². The van der Waals surface area contributed by atoms with Crippen molar-refractivity contribution >= 4 is 11.6 Å². The van der Waals surface area contributed by atoms with Gasteiger partial charge >= 0.3 is 0 Å². The molecule has 0 atom stereocenters. The lowest BCUT2D eigenvalue weighted by Crippen LogP contribution is -2.25. The lowest BCUT2D eigenvalue weighted by Gasteiger charge is -2.05. The maximum absolute atomic E-state index is 11.5. The van der Waals surface area contributed by atoms with Crippen molar-refractivity contribution in [2.75, 3.05) is 6.61 Å². The molecule has 0 aromatic heterocycles. The van der Waals surface area contributed by atoms with Crippen LogP contribution in [0.1, 0.15) is 38.7 Å². The molecule has 0 bridgehead atoms. The Labute approximate surface area is 114 Å². The number of aryl methyl sites for hydroxylation is 1. The van der Waals surface area contributed by atoms with Crippen molar-refractivity contribution in [1.29, 1.82) is 0 Å². The molecule has 1 aromatic carbocycles. The second-order valence-corrected chi connectivity index (χ2v) is 4.59. The molecule has 0 heterocycles. The number of nitrogens with zero attached hydrogens (tertiary/aromatic N) is 1. The van der Waals surface area contributed by atoms with Crippen molar-refractivity contribution in [2.24, 2.45) is 5.10 Å². The van der Waals surface area contributed by atoms with E-state index in [-0.39, 0.29) is 12.5 Å². The zero-order chi connectivity index (χ0) is 14.1. The summed E-state index contributed by atoms with van der Waals surface area (Å²) in [6.45, 7) is 6.02. The molecule has 4 heteroatoms. The minimum atomic E-state index is -0.239. The minimum absolute atomic E-state index is 0.0202. The molecule has 1 rings (SSSR count). The molecule has 19 heavy (non-hydrogen) atoms. The van der Waals surface area contributed by atoms with Gasteiger partial charge in [0, 0.05) is 5.71 Å². The molecular weight excluding hydrogens is 240 g/mol.